The molecule has 1 aliphatic carbocycles. The van der Waals surface area contributed by atoms with Crippen molar-refractivity contribution in [1.29, 1.82) is 0 Å². The molecular formula is C15H26N4O5. The number of azide groups is 1. The van der Waals surface area contributed by atoms with Gasteiger partial charge in [-0.25, -0.2) is 0 Å². The Morgan fingerprint density at radius 3 is 2.33 bits per heavy atom. The van der Waals surface area contributed by atoms with E-state index in [1.54, 1.807) is 0 Å². The van der Waals surface area contributed by atoms with E-state index in [2.05, 4.69) is 10.0 Å². The van der Waals surface area contributed by atoms with Crippen LogP contribution in [0.4, 0.5) is 0 Å². The topological polar surface area (TPSA) is 150 Å². The number of rotatable bonds is 9. The number of aliphatic hydroxyl groups excluding tert-OH is 4. The van der Waals surface area contributed by atoms with Gasteiger partial charge in [0.05, 0.1) is 24.8 Å². The van der Waals surface area contributed by atoms with Crippen molar-refractivity contribution in [3.8, 4) is 0 Å². The first-order valence-electron chi connectivity index (χ1n) is 8.51. The maximum absolute atomic E-state index is 12.3. The van der Waals surface area contributed by atoms with Crippen LogP contribution in [0.25, 0.3) is 10.4 Å². The zero-order valence-electron chi connectivity index (χ0n) is 13.6. The van der Waals surface area contributed by atoms with Gasteiger partial charge in [-0.1, -0.05) is 24.4 Å². The number of nitrogens with zero attached hydrogens (tertiary/aromatic N) is 4. The largest absolute Gasteiger partial charge is 0.396 e. The van der Waals surface area contributed by atoms with Crippen molar-refractivity contribution in [2.45, 2.75) is 68.9 Å². The predicted molar refractivity (Wildman–Crippen MR) is 84.7 cm³/mol. The van der Waals surface area contributed by atoms with Gasteiger partial charge in [0.1, 0.15) is 12.2 Å². The number of aliphatic hydroxyl groups is 4. The summed E-state index contributed by atoms with van der Waals surface area (Å²) in [4.78, 5) is 16.5. The van der Waals surface area contributed by atoms with E-state index >= 15 is 0 Å². The predicted octanol–water partition coefficient (Wildman–Crippen LogP) is -0.0785. The second-order valence-electron chi connectivity index (χ2n) is 6.57. The molecule has 1 saturated carbocycles. The summed E-state index contributed by atoms with van der Waals surface area (Å²) in [6, 6.07) is -0.892. The van der Waals surface area contributed by atoms with Crippen LogP contribution >= 0.6 is 0 Å². The first-order chi connectivity index (χ1) is 11.5. The maximum Gasteiger partial charge on any atom is 0.223 e. The molecule has 2 rings (SSSR count). The molecule has 2 aliphatic rings. The van der Waals surface area contributed by atoms with Crippen LogP contribution in [0.2, 0.25) is 0 Å². The van der Waals surface area contributed by atoms with Crippen molar-refractivity contribution in [3.63, 3.8) is 0 Å². The summed E-state index contributed by atoms with van der Waals surface area (Å²) in [5.41, 5.74) is 8.15. The Labute approximate surface area is 140 Å². The molecule has 0 aromatic rings. The summed E-state index contributed by atoms with van der Waals surface area (Å²) in [5.74, 6) is -0.726. The highest BCUT2D eigenvalue weighted by molar-refractivity contribution is 5.80. The van der Waals surface area contributed by atoms with Crippen molar-refractivity contribution in [1.82, 2.24) is 4.90 Å². The van der Waals surface area contributed by atoms with Gasteiger partial charge in [-0.15, -0.1) is 0 Å². The average Bonchev–Trinajstić information content (AvgIpc) is 3.31. The molecule has 0 aromatic heterocycles. The first kappa shape index (κ1) is 19.0. The highest BCUT2D eigenvalue weighted by atomic mass is 16.4. The lowest BCUT2D eigenvalue weighted by Crippen LogP contribution is -2.52. The van der Waals surface area contributed by atoms with Gasteiger partial charge in [-0.3, -0.25) is 4.79 Å². The Morgan fingerprint density at radius 1 is 1.00 bits per heavy atom. The van der Waals surface area contributed by atoms with Crippen molar-refractivity contribution in [3.05, 3.63) is 10.4 Å². The third kappa shape index (κ3) is 3.99. The Balaban J connectivity index is 1.71. The number of likely N-dealkylation sites (tertiary alicyclic amines) is 1. The number of hydrogen-bond donors (Lipinski definition) is 4. The van der Waals surface area contributed by atoms with E-state index in [4.69, 9.17) is 5.53 Å². The molecule has 0 radical (unpaired) electrons. The number of unbranched alkanes of at least 4 members (excludes halogenated alkanes) is 4. The fourth-order valence-corrected chi connectivity index (χ4v) is 3.67. The monoisotopic (exact) mass is 342 g/mol. The Morgan fingerprint density at radius 2 is 1.67 bits per heavy atom. The lowest BCUT2D eigenvalue weighted by atomic mass is 9.83. The fourth-order valence-electron chi connectivity index (χ4n) is 3.67. The number of amides is 1. The third-order valence-corrected chi connectivity index (χ3v) is 5.04. The Bertz CT molecular complexity index is 484. The molecule has 1 aliphatic heterocycles. The van der Waals surface area contributed by atoms with Gasteiger partial charge in [-0.2, -0.15) is 0 Å². The molecule has 6 atom stereocenters. The Hall–Kier alpha value is -1.38. The van der Waals surface area contributed by atoms with Gasteiger partial charge in [0.2, 0.25) is 5.91 Å². The molecule has 0 bridgehead atoms. The third-order valence-electron chi connectivity index (χ3n) is 5.04. The number of carbonyl (C=O) groups excluding carboxylic acids is 1. The molecule has 1 saturated heterocycles. The molecule has 136 valence electrons. The molecule has 0 aromatic carbocycles. The van der Waals surface area contributed by atoms with Crippen LogP contribution in [0.5, 0.6) is 0 Å². The summed E-state index contributed by atoms with van der Waals surface area (Å²) in [7, 11) is 0. The van der Waals surface area contributed by atoms with Crippen molar-refractivity contribution >= 4 is 5.91 Å². The number of carbonyl (C=O) groups is 1. The summed E-state index contributed by atoms with van der Waals surface area (Å²) in [6.07, 6.45) is 0.986. The molecule has 4 N–H and O–H groups in total. The second-order valence-corrected chi connectivity index (χ2v) is 6.57. The van der Waals surface area contributed by atoms with Gasteiger partial charge < -0.3 is 25.3 Å². The van der Waals surface area contributed by atoms with Gasteiger partial charge in [0.15, 0.2) is 0 Å². The number of fused-ring (bicyclic) bond motifs is 1. The molecular weight excluding hydrogens is 316 g/mol. The molecule has 9 nitrogen and oxygen atoms in total. The minimum Gasteiger partial charge on any atom is -0.396 e. The van der Waals surface area contributed by atoms with Crippen LogP contribution in [-0.2, 0) is 4.79 Å². The van der Waals surface area contributed by atoms with Gasteiger partial charge in [-0.05, 0) is 18.4 Å². The van der Waals surface area contributed by atoms with Crippen LogP contribution in [0, 0.1) is 5.92 Å². The van der Waals surface area contributed by atoms with E-state index < -0.39 is 30.3 Å². The minimum absolute atomic E-state index is 0.113. The molecule has 1 heterocycles. The van der Waals surface area contributed by atoms with Gasteiger partial charge in [0.25, 0.3) is 0 Å². The van der Waals surface area contributed by atoms with Crippen molar-refractivity contribution in [2.75, 3.05) is 13.2 Å². The summed E-state index contributed by atoms with van der Waals surface area (Å²) in [6.45, 7) is 0.165. The van der Waals surface area contributed by atoms with Crippen LogP contribution in [0.15, 0.2) is 5.11 Å². The van der Waals surface area contributed by atoms with Gasteiger partial charge in [0, 0.05) is 23.8 Å². The van der Waals surface area contributed by atoms with E-state index in [9.17, 15) is 25.2 Å². The van der Waals surface area contributed by atoms with Crippen LogP contribution in [0.1, 0.15) is 38.5 Å². The van der Waals surface area contributed by atoms with Crippen molar-refractivity contribution in [2.24, 2.45) is 11.0 Å². The summed E-state index contributed by atoms with van der Waals surface area (Å²) < 4.78 is 0. The average molecular weight is 342 g/mol. The smallest absolute Gasteiger partial charge is 0.223 e. The lowest BCUT2D eigenvalue weighted by molar-refractivity contribution is -0.127. The summed E-state index contributed by atoms with van der Waals surface area (Å²) in [5, 5.41) is 42.5. The first-order valence-corrected chi connectivity index (χ1v) is 8.51. The zero-order valence-corrected chi connectivity index (χ0v) is 13.6. The van der Waals surface area contributed by atoms with Crippen LogP contribution in [-0.4, -0.2) is 74.8 Å². The molecule has 24 heavy (non-hydrogen) atoms. The lowest BCUT2D eigenvalue weighted by Gasteiger charge is -2.31. The highest BCUT2D eigenvalue weighted by Gasteiger charge is 2.65. The summed E-state index contributed by atoms with van der Waals surface area (Å²) >= 11 is 0. The Kier molecular flexibility index (Phi) is 6.82. The van der Waals surface area contributed by atoms with Crippen LogP contribution in [0.3, 0.4) is 0 Å². The van der Waals surface area contributed by atoms with Crippen LogP contribution < -0.4 is 0 Å². The van der Waals surface area contributed by atoms with Gasteiger partial charge >= 0.3 is 0 Å². The molecule has 0 spiro atoms. The zero-order chi connectivity index (χ0) is 17.7. The highest BCUT2D eigenvalue weighted by Crippen LogP contribution is 2.44. The molecule has 0 unspecified atom stereocenters. The van der Waals surface area contributed by atoms with E-state index in [0.717, 1.165) is 32.1 Å². The van der Waals surface area contributed by atoms with E-state index in [1.165, 1.54) is 4.90 Å². The molecule has 9 heteroatoms. The SMILES string of the molecule is [N-]=[N+]=NCCCCCCCC(=O)N1[C@@H]2[C@H](CO)[C@@H](O)[C@H](O)[C@@H](O)[C@@H]21. The maximum atomic E-state index is 12.3. The van der Waals surface area contributed by atoms with Crippen molar-refractivity contribution < 1.29 is 25.2 Å². The van der Waals surface area contributed by atoms with E-state index in [-0.39, 0.29) is 18.6 Å². The second kappa shape index (κ2) is 8.64. The quantitative estimate of drug-likeness (QED) is 0.152. The van der Waals surface area contributed by atoms with E-state index in [0.29, 0.717) is 13.0 Å². The minimum atomic E-state index is -1.34. The molecule has 1 amide bonds. The molecule has 2 fully saturated rings. The van der Waals surface area contributed by atoms with E-state index in [1.807, 2.05) is 0 Å². The standard InChI is InChI=1S/C15H26N4O5/c16-18-17-7-5-3-1-2-4-6-10(21)19-11-9(8-20)13(22)15(24)14(23)12(11)19/h9,11-15,20,22-24H,1-8H2/t9-,11+,12+,13+,14-,15-,19?/m0/s1. The fraction of sp³-hybridized carbons (Fsp3) is 0.933. The number of hydrogen-bond acceptors (Lipinski definition) is 6. The normalized spacial score (nSPS) is 34.4.